The van der Waals surface area contributed by atoms with E-state index in [1.165, 1.54) is 0 Å². The van der Waals surface area contributed by atoms with Crippen LogP contribution in [0.1, 0.15) is 41.5 Å². The number of morpholine rings is 2. The largest absolute Gasteiger partial charge is 0.395 e. The number of benzene rings is 1. The van der Waals surface area contributed by atoms with Gasteiger partial charge in [0.2, 0.25) is 5.95 Å². The summed E-state index contributed by atoms with van der Waals surface area (Å²) >= 11 is 0. The van der Waals surface area contributed by atoms with Crippen LogP contribution in [0.2, 0.25) is 0 Å². The Kier molecular flexibility index (Phi) is 8.60. The maximum atomic E-state index is 10.8. The molecule has 222 valence electrons. The fraction of sp³-hybridized carbons (Fsp3) is 0.600. The number of aliphatic hydroxyl groups is 2. The van der Waals surface area contributed by atoms with Gasteiger partial charge in [-0.3, -0.25) is 0 Å². The number of rotatable bonds is 8. The number of ether oxygens (including phenoxy) is 2. The highest BCUT2D eigenvalue weighted by atomic mass is 16.5. The minimum absolute atomic E-state index is 0.0184. The molecule has 2 fully saturated rings. The summed E-state index contributed by atoms with van der Waals surface area (Å²) in [7, 11) is 0. The van der Waals surface area contributed by atoms with Gasteiger partial charge in [0.25, 0.3) is 0 Å². The molecule has 1 aromatic carbocycles. The Hall–Kier alpha value is -3.12. The Labute approximate surface area is 242 Å². The third kappa shape index (κ3) is 6.86. The Morgan fingerprint density at radius 3 is 2.00 bits per heavy atom. The Balaban J connectivity index is 1.74. The molecule has 4 heterocycles. The lowest BCUT2D eigenvalue weighted by Gasteiger charge is -2.37. The van der Waals surface area contributed by atoms with E-state index >= 15 is 0 Å². The van der Waals surface area contributed by atoms with Crippen LogP contribution < -0.4 is 14.7 Å². The molecule has 41 heavy (non-hydrogen) atoms. The molecule has 2 aliphatic heterocycles. The highest BCUT2D eigenvalue weighted by Crippen LogP contribution is 2.35. The summed E-state index contributed by atoms with van der Waals surface area (Å²) in [6.07, 6.45) is 0.119. The van der Waals surface area contributed by atoms with Gasteiger partial charge in [0, 0.05) is 44.8 Å². The van der Waals surface area contributed by atoms with Crippen molar-refractivity contribution in [1.29, 1.82) is 0 Å². The minimum atomic E-state index is -1.04. The summed E-state index contributed by atoms with van der Waals surface area (Å²) in [4.78, 5) is 26.6. The first-order valence-electron chi connectivity index (χ1n) is 14.5. The number of nitrogens with zero attached hydrogens (tertiary/aromatic N) is 7. The third-order valence-corrected chi connectivity index (χ3v) is 7.20. The topological polar surface area (TPSA) is 120 Å². The summed E-state index contributed by atoms with van der Waals surface area (Å²) in [5, 5.41) is 20.8. The lowest BCUT2D eigenvalue weighted by atomic mass is 10.1. The van der Waals surface area contributed by atoms with Crippen LogP contribution in [0.4, 0.5) is 17.6 Å². The monoisotopic (exact) mass is 565 g/mol. The zero-order valence-electron chi connectivity index (χ0n) is 25.0. The predicted molar refractivity (Wildman–Crippen MR) is 161 cm³/mol. The lowest BCUT2D eigenvalue weighted by Crippen LogP contribution is -2.47. The summed E-state index contributed by atoms with van der Waals surface area (Å²) in [5.74, 6) is 1.82. The van der Waals surface area contributed by atoms with E-state index in [0.717, 1.165) is 17.1 Å². The fourth-order valence-corrected chi connectivity index (χ4v) is 5.83. The van der Waals surface area contributed by atoms with Gasteiger partial charge in [0.05, 0.1) is 36.6 Å². The smallest absolute Gasteiger partial charge is 0.229 e. The quantitative estimate of drug-likeness (QED) is 0.419. The van der Waals surface area contributed by atoms with E-state index in [1.54, 1.807) is 13.8 Å². The van der Waals surface area contributed by atoms with Gasteiger partial charge in [-0.25, -0.2) is 9.97 Å². The highest BCUT2D eigenvalue weighted by Gasteiger charge is 2.31. The molecule has 0 aliphatic carbocycles. The zero-order valence-corrected chi connectivity index (χ0v) is 25.0. The molecular formula is C30H43N7O4. The third-order valence-electron chi connectivity index (χ3n) is 7.20. The molecule has 2 saturated heterocycles. The molecule has 11 heteroatoms. The summed E-state index contributed by atoms with van der Waals surface area (Å²) in [6, 6.07) is 10.0. The Bertz CT molecular complexity index is 1320. The first-order valence-corrected chi connectivity index (χ1v) is 14.5. The van der Waals surface area contributed by atoms with Gasteiger partial charge in [-0.2, -0.15) is 9.97 Å². The van der Waals surface area contributed by atoms with E-state index in [2.05, 4.69) is 23.6 Å². The molecule has 0 spiro atoms. The second-order valence-electron chi connectivity index (χ2n) is 12.1. The van der Waals surface area contributed by atoms with Crippen molar-refractivity contribution in [2.45, 2.75) is 71.6 Å². The van der Waals surface area contributed by atoms with Crippen LogP contribution >= 0.6 is 0 Å². The zero-order chi connectivity index (χ0) is 29.3. The minimum Gasteiger partial charge on any atom is -0.395 e. The molecule has 2 N–H and O–H groups in total. The van der Waals surface area contributed by atoms with Crippen molar-refractivity contribution in [3.63, 3.8) is 0 Å². The highest BCUT2D eigenvalue weighted by molar-refractivity contribution is 5.89. The average Bonchev–Trinajstić information content (AvgIpc) is 2.90. The van der Waals surface area contributed by atoms with Gasteiger partial charge in [-0.05, 0) is 41.5 Å². The molecule has 11 nitrogen and oxygen atoms in total. The van der Waals surface area contributed by atoms with E-state index in [4.69, 9.17) is 29.4 Å². The van der Waals surface area contributed by atoms with E-state index in [0.29, 0.717) is 49.1 Å². The van der Waals surface area contributed by atoms with Crippen LogP contribution in [0.3, 0.4) is 0 Å². The van der Waals surface area contributed by atoms with Gasteiger partial charge in [-0.1, -0.05) is 30.3 Å². The lowest BCUT2D eigenvalue weighted by molar-refractivity contribution is -0.00580. The van der Waals surface area contributed by atoms with Crippen molar-refractivity contribution >= 4 is 28.7 Å². The fourth-order valence-electron chi connectivity index (χ4n) is 5.83. The molecule has 0 radical (unpaired) electrons. The summed E-state index contributed by atoms with van der Waals surface area (Å²) < 4.78 is 12.0. The van der Waals surface area contributed by atoms with Crippen molar-refractivity contribution in [2.75, 3.05) is 60.6 Å². The predicted octanol–water partition coefficient (Wildman–Crippen LogP) is 2.88. The van der Waals surface area contributed by atoms with E-state index in [-0.39, 0.29) is 44.1 Å². The summed E-state index contributed by atoms with van der Waals surface area (Å²) in [6.45, 7) is 14.8. The van der Waals surface area contributed by atoms with Crippen LogP contribution in [-0.4, -0.2) is 106 Å². The van der Waals surface area contributed by atoms with E-state index in [1.807, 2.05) is 49.1 Å². The van der Waals surface area contributed by atoms with Crippen LogP contribution in [0.5, 0.6) is 0 Å². The molecule has 4 unspecified atom stereocenters. The molecular weight excluding hydrogens is 522 g/mol. The first kappa shape index (κ1) is 29.4. The van der Waals surface area contributed by atoms with Gasteiger partial charge in [-0.15, -0.1) is 0 Å². The van der Waals surface area contributed by atoms with Crippen LogP contribution in [0.15, 0.2) is 30.3 Å². The van der Waals surface area contributed by atoms with Crippen molar-refractivity contribution in [3.8, 4) is 11.3 Å². The molecule has 0 bridgehead atoms. The van der Waals surface area contributed by atoms with Gasteiger partial charge in [0.15, 0.2) is 22.8 Å². The van der Waals surface area contributed by atoms with Crippen LogP contribution in [0, 0.1) is 0 Å². The second-order valence-corrected chi connectivity index (χ2v) is 12.1. The van der Waals surface area contributed by atoms with Crippen molar-refractivity contribution in [2.24, 2.45) is 0 Å². The number of anilines is 3. The first-order chi connectivity index (χ1) is 19.5. The maximum absolute atomic E-state index is 10.8. The van der Waals surface area contributed by atoms with E-state index < -0.39 is 5.60 Å². The average molecular weight is 566 g/mol. The molecule has 3 aromatic rings. The molecule has 0 amide bonds. The second kappa shape index (κ2) is 12.0. The molecule has 0 saturated carbocycles. The number of aliphatic hydroxyl groups excluding tert-OH is 1. The van der Waals surface area contributed by atoms with Crippen LogP contribution in [-0.2, 0) is 9.47 Å². The van der Waals surface area contributed by atoms with Crippen molar-refractivity contribution in [3.05, 3.63) is 30.3 Å². The molecule has 5 rings (SSSR count). The van der Waals surface area contributed by atoms with Crippen LogP contribution in [0.25, 0.3) is 22.4 Å². The van der Waals surface area contributed by atoms with Gasteiger partial charge >= 0.3 is 0 Å². The van der Waals surface area contributed by atoms with E-state index in [9.17, 15) is 10.2 Å². The maximum Gasteiger partial charge on any atom is 0.229 e. The molecule has 4 atom stereocenters. The molecule has 2 aliphatic rings. The number of aromatic nitrogens is 4. The normalized spacial score (nSPS) is 23.7. The molecule has 2 aromatic heterocycles. The van der Waals surface area contributed by atoms with Crippen molar-refractivity contribution in [1.82, 2.24) is 19.9 Å². The van der Waals surface area contributed by atoms with Gasteiger partial charge < -0.3 is 34.4 Å². The summed E-state index contributed by atoms with van der Waals surface area (Å²) in [5.41, 5.74) is 1.63. The number of fused-ring (bicyclic) bond motifs is 1. The van der Waals surface area contributed by atoms with Crippen molar-refractivity contribution < 1.29 is 19.7 Å². The SMILES string of the molecule is CC1CN(c2nc(N(CCO)CC(C)(C)O)c3nc(-c4ccccc4)c(N4CC(C)OC(C)C4)nc3n2)CC(C)O1. The standard InChI is InChI=1S/C30H43N7O4/c1-19-14-36(15-20(2)40-19)27-24(23-10-8-7-9-11-23)31-25-26(32-27)33-29(37-16-21(3)41-22(4)17-37)34-28(25)35(12-13-38)18-30(5,6)39/h7-11,19-22,38-39H,12-18H2,1-6H3. The number of hydrogen-bond acceptors (Lipinski definition) is 11. The van der Waals surface area contributed by atoms with Gasteiger partial charge in [0.1, 0.15) is 5.69 Å². The Morgan fingerprint density at radius 2 is 1.44 bits per heavy atom. The number of hydrogen-bond donors (Lipinski definition) is 2. The Morgan fingerprint density at radius 1 is 0.854 bits per heavy atom.